The summed E-state index contributed by atoms with van der Waals surface area (Å²) < 4.78 is 0.996. The molecule has 0 spiro atoms. The Morgan fingerprint density at radius 1 is 1.17 bits per heavy atom. The molecule has 0 radical (unpaired) electrons. The predicted molar refractivity (Wildman–Crippen MR) is 96.4 cm³/mol. The maximum atomic E-state index is 12.1. The van der Waals surface area contributed by atoms with Gasteiger partial charge in [0.25, 0.3) is 0 Å². The Kier molecular flexibility index (Phi) is 4.30. The SMILES string of the molecule is C[C@@H](c1ccc(Br)cc1)N(C(N)=O)c1cccc2cnccc12. The first-order valence-corrected chi connectivity index (χ1v) is 8.04. The monoisotopic (exact) mass is 369 g/mol. The van der Waals surface area contributed by atoms with Crippen LogP contribution in [0.25, 0.3) is 10.8 Å². The number of halogens is 1. The summed E-state index contributed by atoms with van der Waals surface area (Å²) in [5.41, 5.74) is 7.49. The number of nitrogens with zero attached hydrogens (tertiary/aromatic N) is 2. The molecule has 2 N–H and O–H groups in total. The second kappa shape index (κ2) is 6.38. The highest BCUT2D eigenvalue weighted by atomic mass is 79.9. The Labute approximate surface area is 143 Å². The summed E-state index contributed by atoms with van der Waals surface area (Å²) in [6.45, 7) is 1.97. The first-order valence-electron chi connectivity index (χ1n) is 7.25. The van der Waals surface area contributed by atoms with E-state index < -0.39 is 6.03 Å². The third-order valence-electron chi connectivity index (χ3n) is 3.89. The van der Waals surface area contributed by atoms with E-state index in [0.29, 0.717) is 0 Å². The molecule has 0 aliphatic heterocycles. The van der Waals surface area contributed by atoms with Crippen LogP contribution in [-0.4, -0.2) is 11.0 Å². The number of anilines is 1. The molecule has 0 aliphatic rings. The Morgan fingerprint density at radius 2 is 1.91 bits per heavy atom. The molecular weight excluding hydrogens is 354 g/mol. The molecule has 0 saturated carbocycles. The number of urea groups is 1. The molecule has 0 fully saturated rings. The fourth-order valence-corrected chi connectivity index (χ4v) is 2.99. The standard InChI is InChI=1S/C18H16BrN3O/c1-12(13-5-7-15(19)8-6-13)22(18(20)23)17-4-2-3-14-11-21-10-9-16(14)17/h2-12H,1H3,(H2,20,23)/t12-/m0/s1. The summed E-state index contributed by atoms with van der Waals surface area (Å²) in [5, 5.41) is 1.92. The lowest BCUT2D eigenvalue weighted by Crippen LogP contribution is -2.38. The smallest absolute Gasteiger partial charge is 0.319 e. The lowest BCUT2D eigenvalue weighted by Gasteiger charge is -2.29. The van der Waals surface area contributed by atoms with Crippen molar-refractivity contribution >= 4 is 38.4 Å². The van der Waals surface area contributed by atoms with Crippen molar-refractivity contribution in [3.05, 3.63) is 71.0 Å². The number of carbonyl (C=O) groups excluding carboxylic acids is 1. The zero-order valence-electron chi connectivity index (χ0n) is 12.6. The predicted octanol–water partition coefficient (Wildman–Crippen LogP) is 4.64. The van der Waals surface area contributed by atoms with E-state index in [0.717, 1.165) is 26.5 Å². The fourth-order valence-electron chi connectivity index (χ4n) is 2.72. The van der Waals surface area contributed by atoms with Gasteiger partial charge in [0.1, 0.15) is 0 Å². The highest BCUT2D eigenvalue weighted by Gasteiger charge is 2.22. The van der Waals surface area contributed by atoms with E-state index >= 15 is 0 Å². The molecule has 1 atom stereocenters. The first-order chi connectivity index (χ1) is 11.1. The van der Waals surface area contributed by atoms with Crippen LogP contribution in [-0.2, 0) is 0 Å². The van der Waals surface area contributed by atoms with Crippen molar-refractivity contribution in [1.82, 2.24) is 4.98 Å². The van der Waals surface area contributed by atoms with Gasteiger partial charge in [-0.1, -0.05) is 40.2 Å². The number of amides is 2. The molecule has 0 aliphatic carbocycles. The Morgan fingerprint density at radius 3 is 2.61 bits per heavy atom. The number of rotatable bonds is 3. The van der Waals surface area contributed by atoms with Gasteiger partial charge in [-0.3, -0.25) is 9.88 Å². The fraction of sp³-hybridized carbons (Fsp3) is 0.111. The summed E-state index contributed by atoms with van der Waals surface area (Å²) in [5.74, 6) is 0. The number of fused-ring (bicyclic) bond motifs is 1. The number of aromatic nitrogens is 1. The van der Waals surface area contributed by atoms with Crippen LogP contribution in [0, 0.1) is 0 Å². The summed E-state index contributed by atoms with van der Waals surface area (Å²) in [6, 6.07) is 14.9. The van der Waals surface area contributed by atoms with Gasteiger partial charge < -0.3 is 5.73 Å². The molecule has 5 heteroatoms. The first kappa shape index (κ1) is 15.5. The van der Waals surface area contributed by atoms with Crippen LogP contribution < -0.4 is 10.6 Å². The van der Waals surface area contributed by atoms with Gasteiger partial charge in [0.05, 0.1) is 11.7 Å². The maximum absolute atomic E-state index is 12.1. The zero-order chi connectivity index (χ0) is 16.4. The van der Waals surface area contributed by atoms with Crippen molar-refractivity contribution in [3.63, 3.8) is 0 Å². The van der Waals surface area contributed by atoms with E-state index in [1.54, 1.807) is 17.3 Å². The highest BCUT2D eigenvalue weighted by Crippen LogP contribution is 2.32. The van der Waals surface area contributed by atoms with Crippen molar-refractivity contribution in [2.24, 2.45) is 5.73 Å². The number of primary amides is 1. The van der Waals surface area contributed by atoms with Crippen molar-refractivity contribution in [1.29, 1.82) is 0 Å². The van der Waals surface area contributed by atoms with Gasteiger partial charge in [-0.2, -0.15) is 0 Å². The maximum Gasteiger partial charge on any atom is 0.319 e. The minimum atomic E-state index is -0.482. The molecule has 116 valence electrons. The Bertz CT molecular complexity index is 843. The highest BCUT2D eigenvalue weighted by molar-refractivity contribution is 9.10. The van der Waals surface area contributed by atoms with Crippen LogP contribution in [0.1, 0.15) is 18.5 Å². The molecule has 0 unspecified atom stereocenters. The largest absolute Gasteiger partial charge is 0.351 e. The van der Waals surface area contributed by atoms with E-state index in [-0.39, 0.29) is 6.04 Å². The van der Waals surface area contributed by atoms with E-state index in [1.165, 1.54) is 0 Å². The van der Waals surface area contributed by atoms with E-state index in [2.05, 4.69) is 20.9 Å². The second-order valence-corrected chi connectivity index (χ2v) is 6.23. The molecule has 2 amide bonds. The molecule has 3 rings (SSSR count). The van der Waals surface area contributed by atoms with E-state index in [9.17, 15) is 4.79 Å². The third-order valence-corrected chi connectivity index (χ3v) is 4.42. The number of carbonyl (C=O) groups is 1. The molecule has 2 aromatic carbocycles. The van der Waals surface area contributed by atoms with Gasteiger partial charge >= 0.3 is 6.03 Å². The van der Waals surface area contributed by atoms with Gasteiger partial charge in [-0.05, 0) is 36.8 Å². The Hall–Kier alpha value is -2.40. The van der Waals surface area contributed by atoms with E-state index in [4.69, 9.17) is 5.73 Å². The van der Waals surface area contributed by atoms with Gasteiger partial charge in [-0.25, -0.2) is 4.79 Å². The molecule has 0 bridgehead atoms. The van der Waals surface area contributed by atoms with Gasteiger partial charge in [-0.15, -0.1) is 0 Å². The Balaban J connectivity index is 2.11. The number of benzene rings is 2. The van der Waals surface area contributed by atoms with Crippen molar-refractivity contribution in [2.75, 3.05) is 4.90 Å². The van der Waals surface area contributed by atoms with Gasteiger partial charge in [0.2, 0.25) is 0 Å². The number of hydrogen-bond acceptors (Lipinski definition) is 2. The minimum Gasteiger partial charge on any atom is -0.351 e. The lowest BCUT2D eigenvalue weighted by molar-refractivity contribution is 0.252. The topological polar surface area (TPSA) is 59.2 Å². The molecule has 1 heterocycles. The number of hydrogen-bond donors (Lipinski definition) is 1. The minimum absolute atomic E-state index is 0.181. The molecule has 0 saturated heterocycles. The van der Waals surface area contributed by atoms with Crippen LogP contribution in [0.2, 0.25) is 0 Å². The van der Waals surface area contributed by atoms with Gasteiger partial charge in [0, 0.05) is 27.6 Å². The molecule has 1 aromatic heterocycles. The quantitative estimate of drug-likeness (QED) is 0.730. The average molecular weight is 370 g/mol. The van der Waals surface area contributed by atoms with Crippen molar-refractivity contribution < 1.29 is 4.79 Å². The zero-order valence-corrected chi connectivity index (χ0v) is 14.2. The summed E-state index contributed by atoms with van der Waals surface area (Å²) >= 11 is 3.43. The van der Waals surface area contributed by atoms with Crippen LogP contribution >= 0.6 is 15.9 Å². The lowest BCUT2D eigenvalue weighted by atomic mass is 10.0. The van der Waals surface area contributed by atoms with Crippen molar-refractivity contribution in [2.45, 2.75) is 13.0 Å². The van der Waals surface area contributed by atoms with Crippen LogP contribution in [0.4, 0.5) is 10.5 Å². The number of nitrogens with two attached hydrogens (primary N) is 1. The van der Waals surface area contributed by atoms with E-state index in [1.807, 2.05) is 55.5 Å². The van der Waals surface area contributed by atoms with Crippen molar-refractivity contribution in [3.8, 4) is 0 Å². The third kappa shape index (κ3) is 3.05. The normalized spacial score (nSPS) is 12.1. The van der Waals surface area contributed by atoms with Gasteiger partial charge in [0.15, 0.2) is 0 Å². The second-order valence-electron chi connectivity index (χ2n) is 5.31. The van der Waals surface area contributed by atoms with Crippen LogP contribution in [0.15, 0.2) is 65.4 Å². The summed E-state index contributed by atoms with van der Waals surface area (Å²) in [4.78, 5) is 17.9. The average Bonchev–Trinajstić information content (AvgIpc) is 2.55. The number of pyridine rings is 1. The summed E-state index contributed by atoms with van der Waals surface area (Å²) in [6.07, 6.45) is 3.50. The molecule has 23 heavy (non-hydrogen) atoms. The molecule has 4 nitrogen and oxygen atoms in total. The molecular formula is C18H16BrN3O. The van der Waals surface area contributed by atoms with Crippen LogP contribution in [0.5, 0.6) is 0 Å². The molecule has 3 aromatic rings. The van der Waals surface area contributed by atoms with Crippen LogP contribution in [0.3, 0.4) is 0 Å². The summed E-state index contributed by atoms with van der Waals surface area (Å²) in [7, 11) is 0.